The molecule has 0 bridgehead atoms. The van der Waals surface area contributed by atoms with Gasteiger partial charge in [-0.3, -0.25) is 0 Å². The average Bonchev–Trinajstić information content (AvgIpc) is 1.41. The summed E-state index contributed by atoms with van der Waals surface area (Å²) < 4.78 is 0. The van der Waals surface area contributed by atoms with Crippen LogP contribution in [0.2, 0.25) is 0 Å². The molecule has 0 aromatic carbocycles. The van der Waals surface area contributed by atoms with E-state index < -0.39 is 0 Å². The summed E-state index contributed by atoms with van der Waals surface area (Å²) >= 11 is 0. The second kappa shape index (κ2) is 15.9. The van der Waals surface area contributed by atoms with Crippen molar-refractivity contribution in [2.75, 3.05) is 6.54 Å². The van der Waals surface area contributed by atoms with Gasteiger partial charge in [-0.05, 0) is 0 Å². The number of rotatable bonds is 2. The number of nitrogens with two attached hydrogens (primary N) is 1. The largest absolute Gasteiger partial charge is 2.00 e. The van der Waals surface area contributed by atoms with Gasteiger partial charge in [-0.15, -0.1) is 0 Å². The first-order valence-corrected chi connectivity index (χ1v) is 2.06. The Hall–Kier alpha value is 0.686. The molecule has 7 heavy (non-hydrogen) atoms. The Kier molecular flexibility index (Phi) is 35.6. The van der Waals surface area contributed by atoms with Gasteiger partial charge in [0.05, 0.1) is 0 Å². The minimum absolute atomic E-state index is 0. The maximum Gasteiger partial charge on any atom is 2.00 e. The Morgan fingerprint density at radius 3 is 1.86 bits per heavy atom. The summed E-state index contributed by atoms with van der Waals surface area (Å²) in [7, 11) is 0. The fourth-order valence-electron chi connectivity index (χ4n) is 0.177. The van der Waals surface area contributed by atoms with Crippen LogP contribution in [0.1, 0.15) is 19.8 Å². The monoisotopic (exact) mass is 112 g/mol. The van der Waals surface area contributed by atoms with Crippen LogP contribution >= 0.6 is 0 Å². The van der Waals surface area contributed by atoms with Gasteiger partial charge in [0.2, 0.25) is 0 Å². The molecule has 0 atom stereocenters. The zero-order chi connectivity index (χ0) is 4.12. The quantitative estimate of drug-likeness (QED) is 0.492. The Morgan fingerprint density at radius 2 is 1.86 bits per heavy atom. The topological polar surface area (TPSA) is 57.3 Å². The van der Waals surface area contributed by atoms with Crippen molar-refractivity contribution in [3.63, 3.8) is 0 Å². The molecule has 0 fully saturated rings. The maximum absolute atomic E-state index is 6.60. The molecule has 0 saturated carbocycles. The van der Waals surface area contributed by atoms with E-state index in [1.807, 2.05) is 0 Å². The molecule has 0 amide bonds. The maximum atomic E-state index is 6.60. The van der Waals surface area contributed by atoms with Crippen LogP contribution in [0.4, 0.5) is 0 Å². The zero-order valence-corrected chi connectivity index (χ0v) is 6.32. The second-order valence-electron chi connectivity index (χ2n) is 1.10. The molecule has 0 aliphatic rings. The molecule has 0 spiro atoms. The van der Waals surface area contributed by atoms with Crippen LogP contribution in [0.25, 0.3) is 11.9 Å². The first kappa shape index (κ1) is 15.6. The van der Waals surface area contributed by atoms with E-state index in [1.165, 1.54) is 0 Å². The minimum atomic E-state index is 0. The number of hydrogen-bond acceptors (Lipinski definition) is 0. The van der Waals surface area contributed by atoms with Crippen molar-refractivity contribution < 1.29 is 0 Å². The van der Waals surface area contributed by atoms with Gasteiger partial charge in [0.1, 0.15) is 0 Å². The molecular formula is C4H12MgN2. The SMILES string of the molecule is CCCC[NH-].[Mg+2].[NH2-]. The minimum Gasteiger partial charge on any atom is -0.693 e. The van der Waals surface area contributed by atoms with Gasteiger partial charge in [0.15, 0.2) is 0 Å². The molecule has 0 aromatic rings. The third kappa shape index (κ3) is 20.3. The third-order valence-corrected chi connectivity index (χ3v) is 0.530. The predicted octanol–water partition coefficient (Wildman–Crippen LogP) is 2.17. The van der Waals surface area contributed by atoms with Crippen LogP contribution in [0.5, 0.6) is 0 Å². The van der Waals surface area contributed by atoms with E-state index in [0.717, 1.165) is 12.8 Å². The molecule has 3 heteroatoms. The van der Waals surface area contributed by atoms with Crippen molar-refractivity contribution in [2.45, 2.75) is 19.8 Å². The van der Waals surface area contributed by atoms with Crippen LogP contribution in [0.3, 0.4) is 0 Å². The van der Waals surface area contributed by atoms with E-state index in [4.69, 9.17) is 5.73 Å². The molecule has 3 N–H and O–H groups in total. The van der Waals surface area contributed by atoms with E-state index >= 15 is 0 Å². The first-order chi connectivity index (χ1) is 2.41. The van der Waals surface area contributed by atoms with Gasteiger partial charge in [-0.25, -0.2) is 0 Å². The van der Waals surface area contributed by atoms with Crippen molar-refractivity contribution in [1.82, 2.24) is 0 Å². The molecule has 40 valence electrons. The molecule has 0 aliphatic carbocycles. The number of unbranched alkanes of at least 4 members (excludes halogenated alkanes) is 1. The summed E-state index contributed by atoms with van der Waals surface area (Å²) in [5.74, 6) is 0. The summed E-state index contributed by atoms with van der Waals surface area (Å²) in [6.07, 6.45) is 2.21. The average molecular weight is 112 g/mol. The van der Waals surface area contributed by atoms with Crippen LogP contribution < -0.4 is 0 Å². The molecule has 0 aliphatic heterocycles. The van der Waals surface area contributed by atoms with Gasteiger partial charge >= 0.3 is 23.1 Å². The molecule has 0 radical (unpaired) electrons. The van der Waals surface area contributed by atoms with E-state index in [9.17, 15) is 0 Å². The molecular weight excluding hydrogens is 100 g/mol. The van der Waals surface area contributed by atoms with Crippen LogP contribution in [-0.4, -0.2) is 29.6 Å². The molecule has 0 heterocycles. The van der Waals surface area contributed by atoms with Crippen LogP contribution in [-0.2, 0) is 0 Å². The third-order valence-electron chi connectivity index (χ3n) is 0.530. The Bertz CT molecular complexity index is 17.2. The molecule has 0 unspecified atom stereocenters. The fraction of sp³-hybridized carbons (Fsp3) is 1.00. The molecule has 0 rings (SSSR count). The zero-order valence-electron chi connectivity index (χ0n) is 4.91. The van der Waals surface area contributed by atoms with Gasteiger partial charge in [0, 0.05) is 0 Å². The van der Waals surface area contributed by atoms with Gasteiger partial charge in [-0.1, -0.05) is 19.8 Å². The number of hydrogen-bond donors (Lipinski definition) is 0. The van der Waals surface area contributed by atoms with E-state index in [1.54, 1.807) is 0 Å². The Labute approximate surface area is 61.6 Å². The van der Waals surface area contributed by atoms with Crippen LogP contribution in [0.15, 0.2) is 0 Å². The predicted molar refractivity (Wildman–Crippen MR) is 35.1 cm³/mol. The summed E-state index contributed by atoms with van der Waals surface area (Å²) in [4.78, 5) is 0. The number of nitrogens with one attached hydrogen (secondary N) is 1. The van der Waals surface area contributed by atoms with Crippen molar-refractivity contribution in [2.24, 2.45) is 0 Å². The van der Waals surface area contributed by atoms with Crippen molar-refractivity contribution in [3.8, 4) is 0 Å². The summed E-state index contributed by atoms with van der Waals surface area (Å²) in [5.41, 5.74) is 6.60. The smallest absolute Gasteiger partial charge is 0.693 e. The van der Waals surface area contributed by atoms with Crippen molar-refractivity contribution >= 4 is 23.1 Å². The normalized spacial score (nSPS) is 6.00. The molecule has 0 aromatic heterocycles. The fourth-order valence-corrected chi connectivity index (χ4v) is 0.177. The summed E-state index contributed by atoms with van der Waals surface area (Å²) in [6.45, 7) is 2.69. The van der Waals surface area contributed by atoms with Gasteiger partial charge < -0.3 is 11.9 Å². The first-order valence-electron chi connectivity index (χ1n) is 2.06. The molecule has 0 saturated heterocycles. The van der Waals surface area contributed by atoms with Crippen LogP contribution in [0, 0.1) is 0 Å². The van der Waals surface area contributed by atoms with Crippen molar-refractivity contribution in [1.29, 1.82) is 0 Å². The van der Waals surface area contributed by atoms with Crippen molar-refractivity contribution in [3.05, 3.63) is 11.9 Å². The Morgan fingerprint density at radius 1 is 1.43 bits per heavy atom. The van der Waals surface area contributed by atoms with E-state index in [0.29, 0.717) is 6.54 Å². The summed E-state index contributed by atoms with van der Waals surface area (Å²) in [6, 6.07) is 0. The standard InChI is InChI=1S/C4H10N.Mg.H2N/c1-2-3-4-5;;/h5H,2-4H2,1H3;;1H2/q-1;+2;-1. The second-order valence-corrected chi connectivity index (χ2v) is 1.10. The van der Waals surface area contributed by atoms with E-state index in [-0.39, 0.29) is 29.2 Å². The van der Waals surface area contributed by atoms with E-state index in [2.05, 4.69) is 6.92 Å². The Balaban J connectivity index is -0.0000000800. The summed E-state index contributed by atoms with van der Waals surface area (Å²) in [5, 5.41) is 0. The molecule has 2 nitrogen and oxygen atoms in total. The van der Waals surface area contributed by atoms with Gasteiger partial charge in [-0.2, -0.15) is 6.54 Å². The van der Waals surface area contributed by atoms with Gasteiger partial charge in [0.25, 0.3) is 0 Å².